The molecule has 0 atom stereocenters. The summed E-state index contributed by atoms with van der Waals surface area (Å²) in [4.78, 5) is 10.8. The molecule has 7 heteroatoms. The van der Waals surface area contributed by atoms with E-state index in [0.29, 0.717) is 15.8 Å². The smallest absolute Gasteiger partial charge is 0.471 e. The van der Waals surface area contributed by atoms with Gasteiger partial charge in [0.1, 0.15) is 5.75 Å². The van der Waals surface area contributed by atoms with Crippen LogP contribution in [0.15, 0.2) is 16.6 Å². The molecule has 0 radical (unpaired) electrons. The Morgan fingerprint density at radius 2 is 2.00 bits per heavy atom. The molecule has 17 heavy (non-hydrogen) atoms. The van der Waals surface area contributed by atoms with Crippen molar-refractivity contribution in [2.75, 3.05) is 12.4 Å². The number of hydrogen-bond acceptors (Lipinski definition) is 2. The summed E-state index contributed by atoms with van der Waals surface area (Å²) in [5, 5.41) is 1.78. The Balaban J connectivity index is 3.01. The van der Waals surface area contributed by atoms with Gasteiger partial charge in [-0.05, 0) is 40.5 Å². The van der Waals surface area contributed by atoms with Gasteiger partial charge in [-0.25, -0.2) is 0 Å². The summed E-state index contributed by atoms with van der Waals surface area (Å²) < 4.78 is 41.5. The SMILES string of the molecule is COc1cc(Br)c(NC(=O)C(F)(F)F)cc1C. The van der Waals surface area contributed by atoms with E-state index in [9.17, 15) is 18.0 Å². The first-order valence-corrected chi connectivity index (χ1v) is 5.27. The number of hydrogen-bond donors (Lipinski definition) is 1. The molecule has 1 N–H and O–H groups in total. The molecule has 0 heterocycles. The van der Waals surface area contributed by atoms with Crippen LogP contribution in [0, 0.1) is 6.92 Å². The van der Waals surface area contributed by atoms with Crippen molar-refractivity contribution in [3.05, 3.63) is 22.2 Å². The van der Waals surface area contributed by atoms with E-state index in [-0.39, 0.29) is 5.69 Å². The second kappa shape index (κ2) is 4.95. The number of alkyl halides is 3. The minimum absolute atomic E-state index is 0.0469. The number of carbonyl (C=O) groups is 1. The Morgan fingerprint density at radius 3 is 2.47 bits per heavy atom. The highest BCUT2D eigenvalue weighted by Gasteiger charge is 2.38. The fourth-order valence-electron chi connectivity index (χ4n) is 1.17. The summed E-state index contributed by atoms with van der Waals surface area (Å²) in [5.74, 6) is -1.50. The number of aryl methyl sites for hydroxylation is 1. The number of benzene rings is 1. The number of anilines is 1. The van der Waals surface area contributed by atoms with Crippen LogP contribution in [0.4, 0.5) is 18.9 Å². The average molecular weight is 312 g/mol. The largest absolute Gasteiger partial charge is 0.496 e. The third-order valence-corrected chi connectivity index (χ3v) is 2.65. The average Bonchev–Trinajstić information content (AvgIpc) is 2.21. The molecular formula is C10H9BrF3NO2. The maximum absolute atomic E-state index is 12.1. The van der Waals surface area contributed by atoms with Crippen LogP contribution in [-0.4, -0.2) is 19.2 Å². The molecule has 0 spiro atoms. The Morgan fingerprint density at radius 1 is 1.41 bits per heavy atom. The summed E-state index contributed by atoms with van der Waals surface area (Å²) in [6.45, 7) is 1.66. The third kappa shape index (κ3) is 3.36. The molecule has 0 fully saturated rings. The molecule has 1 rings (SSSR count). The van der Waals surface area contributed by atoms with Gasteiger partial charge >= 0.3 is 12.1 Å². The van der Waals surface area contributed by atoms with E-state index in [1.54, 1.807) is 12.2 Å². The number of carbonyl (C=O) groups excluding carboxylic acids is 1. The number of nitrogens with one attached hydrogen (secondary N) is 1. The predicted octanol–water partition coefficient (Wildman–Crippen LogP) is 3.27. The van der Waals surface area contributed by atoms with Crippen molar-refractivity contribution in [1.29, 1.82) is 0 Å². The van der Waals surface area contributed by atoms with Gasteiger partial charge in [0.2, 0.25) is 0 Å². The van der Waals surface area contributed by atoms with Gasteiger partial charge in [-0.2, -0.15) is 13.2 Å². The van der Waals surface area contributed by atoms with E-state index in [1.807, 2.05) is 0 Å². The highest BCUT2D eigenvalue weighted by atomic mass is 79.9. The maximum Gasteiger partial charge on any atom is 0.471 e. The molecular weight excluding hydrogens is 303 g/mol. The number of halogens is 4. The van der Waals surface area contributed by atoms with Crippen molar-refractivity contribution >= 4 is 27.5 Å². The van der Waals surface area contributed by atoms with E-state index in [2.05, 4.69) is 15.9 Å². The first kappa shape index (κ1) is 13.8. The van der Waals surface area contributed by atoms with Gasteiger partial charge in [0.15, 0.2) is 0 Å². The number of rotatable bonds is 2. The normalized spacial score (nSPS) is 11.2. The zero-order valence-electron chi connectivity index (χ0n) is 8.98. The van der Waals surface area contributed by atoms with E-state index < -0.39 is 12.1 Å². The van der Waals surface area contributed by atoms with E-state index >= 15 is 0 Å². The lowest BCUT2D eigenvalue weighted by Crippen LogP contribution is -2.30. The highest BCUT2D eigenvalue weighted by Crippen LogP contribution is 2.31. The van der Waals surface area contributed by atoms with Gasteiger partial charge in [0.05, 0.1) is 12.8 Å². The van der Waals surface area contributed by atoms with Crippen molar-refractivity contribution in [2.24, 2.45) is 0 Å². The van der Waals surface area contributed by atoms with Crippen LogP contribution in [0.5, 0.6) is 5.75 Å². The first-order chi connectivity index (χ1) is 7.75. The molecule has 1 aromatic rings. The van der Waals surface area contributed by atoms with Crippen molar-refractivity contribution in [2.45, 2.75) is 13.1 Å². The monoisotopic (exact) mass is 311 g/mol. The molecule has 0 unspecified atom stereocenters. The van der Waals surface area contributed by atoms with Gasteiger partial charge in [-0.1, -0.05) is 0 Å². The Bertz CT molecular complexity index is 446. The molecule has 0 saturated heterocycles. The molecule has 1 amide bonds. The Labute approximate surface area is 104 Å². The van der Waals surface area contributed by atoms with Gasteiger partial charge in [-0.3, -0.25) is 4.79 Å². The van der Waals surface area contributed by atoms with Crippen LogP contribution in [0.3, 0.4) is 0 Å². The zero-order valence-corrected chi connectivity index (χ0v) is 10.6. The summed E-state index contributed by atoms with van der Waals surface area (Å²) in [6, 6.07) is 2.88. The standard InChI is InChI=1S/C10H9BrF3NO2/c1-5-3-7(6(11)4-8(5)17-2)15-9(16)10(12,13)14/h3-4H,1-2H3,(H,15,16). The summed E-state index contributed by atoms with van der Waals surface area (Å²) >= 11 is 3.06. The lowest BCUT2D eigenvalue weighted by Gasteiger charge is -2.12. The number of methoxy groups -OCH3 is 1. The molecule has 0 aliphatic rings. The van der Waals surface area contributed by atoms with Crippen LogP contribution in [-0.2, 0) is 4.79 Å². The van der Waals surface area contributed by atoms with Crippen molar-refractivity contribution in [3.63, 3.8) is 0 Å². The minimum atomic E-state index is -4.91. The second-order valence-electron chi connectivity index (χ2n) is 3.25. The molecule has 0 bridgehead atoms. The molecule has 1 aromatic carbocycles. The zero-order chi connectivity index (χ0) is 13.2. The van der Waals surface area contributed by atoms with Crippen LogP contribution in [0.2, 0.25) is 0 Å². The molecule has 3 nitrogen and oxygen atoms in total. The summed E-state index contributed by atoms with van der Waals surface area (Å²) in [6.07, 6.45) is -4.91. The van der Waals surface area contributed by atoms with Gasteiger partial charge in [0, 0.05) is 4.47 Å². The van der Waals surface area contributed by atoms with Gasteiger partial charge in [0.25, 0.3) is 0 Å². The number of amides is 1. The topological polar surface area (TPSA) is 38.3 Å². The van der Waals surface area contributed by atoms with E-state index in [1.165, 1.54) is 19.2 Å². The van der Waals surface area contributed by atoms with Gasteiger partial charge < -0.3 is 10.1 Å². The van der Waals surface area contributed by atoms with Crippen molar-refractivity contribution in [3.8, 4) is 5.75 Å². The van der Waals surface area contributed by atoms with E-state index in [4.69, 9.17) is 4.74 Å². The fourth-order valence-corrected chi connectivity index (χ4v) is 1.59. The summed E-state index contributed by atoms with van der Waals surface area (Å²) in [7, 11) is 1.45. The van der Waals surface area contributed by atoms with Crippen LogP contribution >= 0.6 is 15.9 Å². The van der Waals surface area contributed by atoms with Crippen molar-refractivity contribution < 1.29 is 22.7 Å². The molecule has 0 saturated carbocycles. The predicted molar refractivity (Wildman–Crippen MR) is 60.1 cm³/mol. The van der Waals surface area contributed by atoms with Gasteiger partial charge in [-0.15, -0.1) is 0 Å². The molecule has 0 aromatic heterocycles. The highest BCUT2D eigenvalue weighted by molar-refractivity contribution is 9.10. The lowest BCUT2D eigenvalue weighted by atomic mass is 10.2. The summed E-state index contributed by atoms with van der Waals surface area (Å²) in [5.41, 5.74) is 0.666. The quantitative estimate of drug-likeness (QED) is 0.910. The van der Waals surface area contributed by atoms with Crippen LogP contribution in [0.1, 0.15) is 5.56 Å². The van der Waals surface area contributed by atoms with E-state index in [0.717, 1.165) is 0 Å². The Hall–Kier alpha value is -1.24. The number of ether oxygens (including phenoxy) is 1. The molecule has 94 valence electrons. The second-order valence-corrected chi connectivity index (χ2v) is 4.11. The maximum atomic E-state index is 12.1. The van der Waals surface area contributed by atoms with Crippen molar-refractivity contribution in [1.82, 2.24) is 0 Å². The Kier molecular flexibility index (Phi) is 4.03. The molecule has 0 aliphatic carbocycles. The minimum Gasteiger partial charge on any atom is -0.496 e. The third-order valence-electron chi connectivity index (χ3n) is 1.99. The molecule has 0 aliphatic heterocycles. The fraction of sp³-hybridized carbons (Fsp3) is 0.300. The lowest BCUT2D eigenvalue weighted by molar-refractivity contribution is -0.167. The van der Waals surface area contributed by atoms with Crippen LogP contribution in [0.25, 0.3) is 0 Å². The first-order valence-electron chi connectivity index (χ1n) is 4.48. The van der Waals surface area contributed by atoms with Crippen LogP contribution < -0.4 is 10.1 Å².